The van der Waals surface area contributed by atoms with E-state index in [1.165, 1.54) is 0 Å². The van der Waals surface area contributed by atoms with Crippen LogP contribution < -0.4 is 5.73 Å². The van der Waals surface area contributed by atoms with E-state index >= 15 is 0 Å². The quantitative estimate of drug-likeness (QED) is 0.840. The van der Waals surface area contributed by atoms with Crippen LogP contribution in [0.2, 0.25) is 0 Å². The number of hydrogen-bond acceptors (Lipinski definition) is 4. The van der Waals surface area contributed by atoms with Crippen LogP contribution in [0.5, 0.6) is 0 Å². The Morgan fingerprint density at radius 1 is 1.35 bits per heavy atom. The number of carbonyl (C=O) groups excluding carboxylic acids is 2. The summed E-state index contributed by atoms with van der Waals surface area (Å²) >= 11 is 0. The number of amides is 2. The molecular weight excluding hydrogens is 294 g/mol. The van der Waals surface area contributed by atoms with Gasteiger partial charge in [0.2, 0.25) is 5.91 Å². The zero-order valence-corrected chi connectivity index (χ0v) is 15.5. The molecule has 2 amide bonds. The van der Waals surface area contributed by atoms with Crippen LogP contribution in [0.1, 0.15) is 54.4 Å². The van der Waals surface area contributed by atoms with Gasteiger partial charge in [0.05, 0.1) is 12.1 Å². The van der Waals surface area contributed by atoms with Gasteiger partial charge in [-0.05, 0) is 46.5 Å². The van der Waals surface area contributed by atoms with E-state index < -0.39 is 11.6 Å². The van der Waals surface area contributed by atoms with Gasteiger partial charge in [-0.25, -0.2) is 4.79 Å². The first-order valence-electron chi connectivity index (χ1n) is 8.60. The lowest BCUT2D eigenvalue weighted by atomic mass is 10.0. The molecule has 134 valence electrons. The molecule has 0 unspecified atom stereocenters. The predicted octanol–water partition coefficient (Wildman–Crippen LogP) is 2.22. The molecule has 0 radical (unpaired) electrons. The Morgan fingerprint density at radius 3 is 2.43 bits per heavy atom. The Hall–Kier alpha value is -1.30. The summed E-state index contributed by atoms with van der Waals surface area (Å²) in [6, 6.07) is -0.487. The first kappa shape index (κ1) is 19.7. The molecule has 1 heterocycles. The highest BCUT2D eigenvalue weighted by atomic mass is 16.6. The van der Waals surface area contributed by atoms with Gasteiger partial charge in [0.15, 0.2) is 0 Å². The summed E-state index contributed by atoms with van der Waals surface area (Å²) in [5, 5.41) is 0. The highest BCUT2D eigenvalue weighted by Gasteiger charge is 2.34. The monoisotopic (exact) mass is 327 g/mol. The Kier molecular flexibility index (Phi) is 6.86. The molecule has 23 heavy (non-hydrogen) atoms. The number of carbonyl (C=O) groups is 2. The minimum absolute atomic E-state index is 0.00751. The maximum Gasteiger partial charge on any atom is 0.410 e. The smallest absolute Gasteiger partial charge is 0.410 e. The fourth-order valence-corrected chi connectivity index (χ4v) is 2.71. The molecule has 1 aliphatic heterocycles. The molecule has 2 N–H and O–H groups in total. The Labute approximate surface area is 140 Å². The largest absolute Gasteiger partial charge is 0.444 e. The van der Waals surface area contributed by atoms with Crippen LogP contribution in [0.3, 0.4) is 0 Å². The standard InChI is InChI=1S/C17H33N3O3/c1-7-19(15(21)14(18)12(2)3)11-13-9-8-10-20(13)16(22)23-17(4,5)6/h12-14H,7-11,18H2,1-6H3/t13-,14-/m0/s1. The minimum atomic E-state index is -0.509. The van der Waals surface area contributed by atoms with Crippen molar-refractivity contribution in [1.82, 2.24) is 9.80 Å². The van der Waals surface area contributed by atoms with E-state index in [1.54, 1.807) is 9.80 Å². The normalized spacial score (nSPS) is 19.8. The highest BCUT2D eigenvalue weighted by molar-refractivity contribution is 5.82. The Morgan fingerprint density at radius 2 is 1.96 bits per heavy atom. The second kappa shape index (κ2) is 7.99. The van der Waals surface area contributed by atoms with E-state index in [0.717, 1.165) is 12.8 Å². The molecule has 0 aliphatic carbocycles. The van der Waals surface area contributed by atoms with Gasteiger partial charge < -0.3 is 20.3 Å². The maximum atomic E-state index is 12.5. The molecule has 0 bridgehead atoms. The molecule has 0 aromatic carbocycles. The third kappa shape index (κ3) is 5.68. The molecule has 6 nitrogen and oxygen atoms in total. The van der Waals surface area contributed by atoms with Crippen molar-refractivity contribution in [3.05, 3.63) is 0 Å². The van der Waals surface area contributed by atoms with E-state index in [2.05, 4.69) is 0 Å². The fraction of sp³-hybridized carbons (Fsp3) is 0.882. The second-order valence-corrected chi connectivity index (χ2v) is 7.62. The third-order valence-electron chi connectivity index (χ3n) is 4.13. The molecule has 1 fully saturated rings. The first-order chi connectivity index (χ1) is 10.6. The molecule has 1 aliphatic rings. The van der Waals surface area contributed by atoms with Gasteiger partial charge in [-0.15, -0.1) is 0 Å². The first-order valence-corrected chi connectivity index (χ1v) is 8.60. The predicted molar refractivity (Wildman–Crippen MR) is 91.0 cm³/mol. The third-order valence-corrected chi connectivity index (χ3v) is 4.13. The van der Waals surface area contributed by atoms with Crippen molar-refractivity contribution in [2.45, 2.75) is 72.1 Å². The molecular formula is C17H33N3O3. The molecule has 0 aromatic rings. The van der Waals surface area contributed by atoms with Gasteiger partial charge >= 0.3 is 6.09 Å². The molecule has 0 aromatic heterocycles. The number of nitrogens with zero attached hydrogens (tertiary/aromatic N) is 2. The van der Waals surface area contributed by atoms with Crippen LogP contribution in [0, 0.1) is 5.92 Å². The van der Waals surface area contributed by atoms with E-state index in [0.29, 0.717) is 19.6 Å². The van der Waals surface area contributed by atoms with Crippen molar-refractivity contribution in [3.63, 3.8) is 0 Å². The van der Waals surface area contributed by atoms with Gasteiger partial charge in [0.1, 0.15) is 5.60 Å². The average Bonchev–Trinajstić information content (AvgIpc) is 2.89. The van der Waals surface area contributed by atoms with Gasteiger partial charge in [-0.3, -0.25) is 4.79 Å². The second-order valence-electron chi connectivity index (χ2n) is 7.62. The number of likely N-dealkylation sites (tertiary alicyclic amines) is 1. The Balaban J connectivity index is 2.72. The average molecular weight is 327 g/mol. The highest BCUT2D eigenvalue weighted by Crippen LogP contribution is 2.22. The van der Waals surface area contributed by atoms with Crippen LogP contribution in [-0.4, -0.2) is 59.1 Å². The zero-order chi connectivity index (χ0) is 17.8. The molecule has 2 atom stereocenters. The molecule has 1 rings (SSSR count). The number of likely N-dealkylation sites (N-methyl/N-ethyl adjacent to an activating group) is 1. The van der Waals surface area contributed by atoms with Crippen molar-refractivity contribution in [2.24, 2.45) is 11.7 Å². The van der Waals surface area contributed by atoms with Crippen LogP contribution in [0.15, 0.2) is 0 Å². The molecule has 6 heteroatoms. The zero-order valence-electron chi connectivity index (χ0n) is 15.5. The summed E-state index contributed by atoms with van der Waals surface area (Å²) in [6.45, 7) is 13.2. The van der Waals surface area contributed by atoms with Crippen molar-refractivity contribution in [1.29, 1.82) is 0 Å². The van der Waals surface area contributed by atoms with Crippen LogP contribution >= 0.6 is 0 Å². The molecule has 1 saturated heterocycles. The minimum Gasteiger partial charge on any atom is -0.444 e. The van der Waals surface area contributed by atoms with E-state index in [9.17, 15) is 9.59 Å². The summed E-state index contributed by atoms with van der Waals surface area (Å²) in [5.41, 5.74) is 5.48. The van der Waals surface area contributed by atoms with Crippen molar-refractivity contribution < 1.29 is 14.3 Å². The summed E-state index contributed by atoms with van der Waals surface area (Å²) in [7, 11) is 0. The number of nitrogens with two attached hydrogens (primary N) is 1. The van der Waals surface area contributed by atoms with E-state index in [1.807, 2.05) is 41.5 Å². The molecule has 0 spiro atoms. The van der Waals surface area contributed by atoms with Crippen LogP contribution in [0.25, 0.3) is 0 Å². The van der Waals surface area contributed by atoms with Crippen LogP contribution in [-0.2, 0) is 9.53 Å². The fourth-order valence-electron chi connectivity index (χ4n) is 2.71. The topological polar surface area (TPSA) is 75.9 Å². The van der Waals surface area contributed by atoms with Gasteiger partial charge in [0.25, 0.3) is 0 Å². The lowest BCUT2D eigenvalue weighted by molar-refractivity contribution is -0.134. The van der Waals surface area contributed by atoms with Gasteiger partial charge in [-0.1, -0.05) is 13.8 Å². The van der Waals surface area contributed by atoms with Crippen molar-refractivity contribution in [3.8, 4) is 0 Å². The van der Waals surface area contributed by atoms with Crippen LogP contribution in [0.4, 0.5) is 4.79 Å². The summed E-state index contributed by atoms with van der Waals surface area (Å²) < 4.78 is 5.47. The summed E-state index contributed by atoms with van der Waals surface area (Å²) in [6.07, 6.45) is 1.53. The number of ether oxygens (including phenoxy) is 1. The Bertz CT molecular complexity index is 418. The SMILES string of the molecule is CCN(C[C@@H]1CCCN1C(=O)OC(C)(C)C)C(=O)[C@@H](N)C(C)C. The summed E-state index contributed by atoms with van der Waals surface area (Å²) in [5.74, 6) is 0.0561. The van der Waals surface area contributed by atoms with Gasteiger partial charge in [0, 0.05) is 19.6 Å². The van der Waals surface area contributed by atoms with Gasteiger partial charge in [-0.2, -0.15) is 0 Å². The summed E-state index contributed by atoms with van der Waals surface area (Å²) in [4.78, 5) is 28.3. The number of rotatable bonds is 5. The van der Waals surface area contributed by atoms with Crippen molar-refractivity contribution in [2.75, 3.05) is 19.6 Å². The lowest BCUT2D eigenvalue weighted by Gasteiger charge is -2.33. The number of hydrogen-bond donors (Lipinski definition) is 1. The molecule has 0 saturated carbocycles. The van der Waals surface area contributed by atoms with E-state index in [4.69, 9.17) is 10.5 Å². The van der Waals surface area contributed by atoms with Crippen molar-refractivity contribution >= 4 is 12.0 Å². The van der Waals surface area contributed by atoms with E-state index in [-0.39, 0.29) is 24.0 Å². The maximum absolute atomic E-state index is 12.5. The lowest BCUT2D eigenvalue weighted by Crippen LogP contribution is -2.51.